The fraction of sp³-hybridized carbons (Fsp3) is 0.364. The lowest BCUT2D eigenvalue weighted by molar-refractivity contribution is -0.146. The van der Waals surface area contributed by atoms with Crippen molar-refractivity contribution in [1.82, 2.24) is 0 Å². The number of benzene rings is 1. The number of esters is 1. The lowest BCUT2D eigenvalue weighted by atomic mass is 9.94. The largest absolute Gasteiger partial charge is 0.468 e. The van der Waals surface area contributed by atoms with Crippen LogP contribution in [0.5, 0.6) is 0 Å². The Morgan fingerprint density at radius 2 is 2.06 bits per heavy atom. The third-order valence-electron chi connectivity index (χ3n) is 2.45. The molecule has 0 saturated carbocycles. The molecule has 0 aliphatic carbocycles. The molecule has 0 aliphatic heterocycles. The number of ether oxygens (including phenoxy) is 1. The van der Waals surface area contributed by atoms with Crippen molar-refractivity contribution in [3.63, 3.8) is 0 Å². The normalized spacial score (nSPS) is 14.9. The van der Waals surface area contributed by atoms with Crippen LogP contribution in [0.3, 0.4) is 0 Å². The molecule has 18 heavy (non-hydrogen) atoms. The number of rotatable bonds is 4. The summed E-state index contributed by atoms with van der Waals surface area (Å²) in [6.45, 7) is 1.52. The zero-order chi connectivity index (χ0) is 14.0. The van der Waals surface area contributed by atoms with Crippen LogP contribution in [0, 0.1) is 0 Å². The summed E-state index contributed by atoms with van der Waals surface area (Å²) in [4.78, 5) is 11.4. The Bertz CT molecular complexity index is 552. The van der Waals surface area contributed by atoms with Gasteiger partial charge in [-0.15, -0.1) is 0 Å². The molecule has 4 N–H and O–H groups in total. The van der Waals surface area contributed by atoms with E-state index >= 15 is 0 Å². The van der Waals surface area contributed by atoms with Crippen LogP contribution in [0.2, 0.25) is 0 Å². The van der Waals surface area contributed by atoms with Gasteiger partial charge in [0.25, 0.3) is 0 Å². The molecule has 6 nitrogen and oxygen atoms in total. The van der Waals surface area contributed by atoms with Crippen molar-refractivity contribution in [2.75, 3.05) is 7.11 Å². The van der Waals surface area contributed by atoms with Crippen LogP contribution >= 0.6 is 0 Å². The highest BCUT2D eigenvalue weighted by atomic mass is 32.2. The SMILES string of the molecule is COC(=O)C(C)(N)Cc1cccc(S(N)(=O)=O)c1. The molecule has 1 aromatic carbocycles. The number of carbonyl (C=O) groups excluding carboxylic acids is 1. The molecule has 0 saturated heterocycles. The van der Waals surface area contributed by atoms with Gasteiger partial charge in [0.1, 0.15) is 5.54 Å². The van der Waals surface area contributed by atoms with Gasteiger partial charge in [0, 0.05) is 6.42 Å². The minimum absolute atomic E-state index is 0.0133. The minimum atomic E-state index is -3.76. The average molecular weight is 272 g/mol. The molecule has 1 unspecified atom stereocenters. The molecule has 7 heteroatoms. The molecule has 0 amide bonds. The summed E-state index contributed by atoms with van der Waals surface area (Å²) >= 11 is 0. The summed E-state index contributed by atoms with van der Waals surface area (Å²) in [7, 11) is -2.52. The second-order valence-electron chi connectivity index (χ2n) is 4.28. The number of methoxy groups -OCH3 is 1. The zero-order valence-electron chi connectivity index (χ0n) is 10.2. The highest BCUT2D eigenvalue weighted by Crippen LogP contribution is 2.16. The maximum absolute atomic E-state index is 11.4. The Hall–Kier alpha value is -1.44. The van der Waals surface area contributed by atoms with Gasteiger partial charge in [0.05, 0.1) is 12.0 Å². The zero-order valence-corrected chi connectivity index (χ0v) is 11.0. The van der Waals surface area contributed by atoms with Crippen molar-refractivity contribution in [3.8, 4) is 0 Å². The molecule has 1 rings (SSSR count). The highest BCUT2D eigenvalue weighted by molar-refractivity contribution is 7.89. The molecule has 0 aromatic heterocycles. The quantitative estimate of drug-likeness (QED) is 0.735. The number of carbonyl (C=O) groups is 1. The second-order valence-corrected chi connectivity index (χ2v) is 5.84. The minimum Gasteiger partial charge on any atom is -0.468 e. The van der Waals surface area contributed by atoms with Gasteiger partial charge in [0.2, 0.25) is 10.0 Å². The Balaban J connectivity index is 3.03. The fourth-order valence-corrected chi connectivity index (χ4v) is 2.15. The topological polar surface area (TPSA) is 112 Å². The Morgan fingerprint density at radius 1 is 1.44 bits per heavy atom. The molecule has 0 bridgehead atoms. The smallest absolute Gasteiger partial charge is 0.325 e. The van der Waals surface area contributed by atoms with Crippen molar-refractivity contribution >= 4 is 16.0 Å². The third-order valence-corrected chi connectivity index (χ3v) is 3.36. The Kier molecular flexibility index (Phi) is 4.10. The van der Waals surface area contributed by atoms with E-state index < -0.39 is 21.5 Å². The van der Waals surface area contributed by atoms with Gasteiger partial charge in [-0.25, -0.2) is 13.6 Å². The molecular weight excluding hydrogens is 256 g/mol. The summed E-state index contributed by atoms with van der Waals surface area (Å²) in [5.74, 6) is -0.566. The van der Waals surface area contributed by atoms with E-state index in [1.165, 1.54) is 26.2 Å². The number of sulfonamides is 1. The summed E-state index contributed by atoms with van der Waals surface area (Å²) in [5, 5.41) is 5.02. The van der Waals surface area contributed by atoms with E-state index in [9.17, 15) is 13.2 Å². The summed E-state index contributed by atoms with van der Waals surface area (Å²) in [6, 6.07) is 5.99. The summed E-state index contributed by atoms with van der Waals surface area (Å²) in [6.07, 6.45) is 0.156. The predicted molar refractivity (Wildman–Crippen MR) is 66.1 cm³/mol. The van der Waals surface area contributed by atoms with E-state index in [1.807, 2.05) is 0 Å². The van der Waals surface area contributed by atoms with Crippen molar-refractivity contribution in [2.45, 2.75) is 23.8 Å². The molecule has 0 spiro atoms. The molecule has 0 aliphatic rings. The second kappa shape index (κ2) is 5.05. The lowest BCUT2D eigenvalue weighted by Crippen LogP contribution is -2.47. The van der Waals surface area contributed by atoms with Gasteiger partial charge in [-0.1, -0.05) is 12.1 Å². The molecule has 0 radical (unpaired) electrons. The molecule has 100 valence electrons. The van der Waals surface area contributed by atoms with Gasteiger partial charge in [-0.2, -0.15) is 0 Å². The first kappa shape index (κ1) is 14.6. The van der Waals surface area contributed by atoms with Crippen LogP contribution in [0.1, 0.15) is 12.5 Å². The third kappa shape index (κ3) is 3.52. The maximum atomic E-state index is 11.4. The van der Waals surface area contributed by atoms with E-state index in [0.717, 1.165) is 0 Å². The maximum Gasteiger partial charge on any atom is 0.325 e. The molecule has 1 atom stereocenters. The Labute approximate surface area is 106 Å². The van der Waals surface area contributed by atoms with Crippen LogP contribution in [0.25, 0.3) is 0 Å². The first-order valence-electron chi connectivity index (χ1n) is 5.16. The van der Waals surface area contributed by atoms with Crippen LogP contribution in [-0.4, -0.2) is 27.0 Å². The number of hydrogen-bond acceptors (Lipinski definition) is 5. The molecule has 0 heterocycles. The van der Waals surface area contributed by atoms with Gasteiger partial charge >= 0.3 is 5.97 Å². The number of nitrogens with two attached hydrogens (primary N) is 2. The lowest BCUT2D eigenvalue weighted by Gasteiger charge is -2.21. The van der Waals surface area contributed by atoms with Gasteiger partial charge in [0.15, 0.2) is 0 Å². The fourth-order valence-electron chi connectivity index (χ4n) is 1.56. The monoisotopic (exact) mass is 272 g/mol. The highest BCUT2D eigenvalue weighted by Gasteiger charge is 2.29. The summed E-state index contributed by atoms with van der Waals surface area (Å²) in [5.41, 5.74) is 5.18. The first-order chi connectivity index (χ1) is 8.16. The summed E-state index contributed by atoms with van der Waals surface area (Å²) < 4.78 is 27.0. The van der Waals surface area contributed by atoms with Crippen molar-refractivity contribution < 1.29 is 17.9 Å². The van der Waals surface area contributed by atoms with Crippen LogP contribution in [0.4, 0.5) is 0 Å². The van der Waals surface area contributed by atoms with Crippen LogP contribution in [-0.2, 0) is 26.0 Å². The number of primary sulfonamides is 1. The van der Waals surface area contributed by atoms with Crippen molar-refractivity contribution in [1.29, 1.82) is 0 Å². The van der Waals surface area contributed by atoms with E-state index in [2.05, 4.69) is 4.74 Å². The standard InChI is InChI=1S/C11H16N2O4S/c1-11(12,10(14)17-2)7-8-4-3-5-9(6-8)18(13,15)16/h3-6H,7,12H2,1-2H3,(H2,13,15,16). The van der Waals surface area contributed by atoms with Crippen molar-refractivity contribution in [3.05, 3.63) is 29.8 Å². The average Bonchev–Trinajstić information content (AvgIpc) is 2.26. The number of hydrogen-bond donors (Lipinski definition) is 2. The molecule has 0 fully saturated rings. The van der Waals surface area contributed by atoms with Gasteiger partial charge < -0.3 is 10.5 Å². The van der Waals surface area contributed by atoms with Crippen LogP contribution < -0.4 is 10.9 Å². The molecular formula is C11H16N2O4S. The van der Waals surface area contributed by atoms with Crippen molar-refractivity contribution in [2.24, 2.45) is 10.9 Å². The van der Waals surface area contributed by atoms with E-state index in [-0.39, 0.29) is 11.3 Å². The predicted octanol–water partition coefficient (Wildman–Crippen LogP) is -0.233. The van der Waals surface area contributed by atoms with E-state index in [1.54, 1.807) is 12.1 Å². The Morgan fingerprint density at radius 3 is 2.56 bits per heavy atom. The molecule has 1 aromatic rings. The van der Waals surface area contributed by atoms with Gasteiger partial charge in [-0.05, 0) is 24.6 Å². The van der Waals surface area contributed by atoms with Gasteiger partial charge in [-0.3, -0.25) is 4.79 Å². The first-order valence-corrected chi connectivity index (χ1v) is 6.70. The van der Waals surface area contributed by atoms with E-state index in [0.29, 0.717) is 5.56 Å². The van der Waals surface area contributed by atoms with E-state index in [4.69, 9.17) is 10.9 Å². The van der Waals surface area contributed by atoms with Crippen LogP contribution in [0.15, 0.2) is 29.2 Å².